The van der Waals surface area contributed by atoms with Crippen LogP contribution in [-0.4, -0.2) is 68.4 Å². The molecule has 13 heteroatoms. The van der Waals surface area contributed by atoms with Crippen molar-refractivity contribution in [3.63, 3.8) is 0 Å². The molecule has 0 aromatic heterocycles. The molecule has 0 saturated carbocycles. The van der Waals surface area contributed by atoms with Crippen LogP contribution in [0.4, 0.5) is 4.79 Å². The maximum absolute atomic E-state index is 10.2. The van der Waals surface area contributed by atoms with E-state index >= 15 is 0 Å². The zero-order valence-electron chi connectivity index (χ0n) is 36.3. The van der Waals surface area contributed by atoms with E-state index in [4.69, 9.17) is 25.2 Å². The van der Waals surface area contributed by atoms with E-state index < -0.39 is 30.0 Å². The zero-order chi connectivity index (χ0) is 41.3. The van der Waals surface area contributed by atoms with Gasteiger partial charge in [-0.3, -0.25) is 9.59 Å². The monoisotopic (exact) mass is 821 g/mol. The molecule has 0 aliphatic heterocycles. The number of hydrogen-bond acceptors (Lipinski definition) is 8. The molecule has 0 atom stereocenters. The van der Waals surface area contributed by atoms with Gasteiger partial charge in [0.1, 0.15) is 0 Å². The fourth-order valence-electron chi connectivity index (χ4n) is 5.83. The van der Waals surface area contributed by atoms with Gasteiger partial charge in [0.15, 0.2) is 0 Å². The molecule has 3 N–H and O–H groups in total. The molecule has 0 spiro atoms. The van der Waals surface area contributed by atoms with Crippen molar-refractivity contribution in [2.45, 2.75) is 245 Å². The Morgan fingerprint density at radius 1 is 0.321 bits per heavy atom. The summed E-state index contributed by atoms with van der Waals surface area (Å²) in [7, 11) is 0. The standard InChI is InChI=1S/2C18H36O2.C6H10O4.CH2O3.Mg.Na/c2*1-2-3-4-5-6-7-8-9-10-11-12-13-14-15-16-17-18(19)20;7-5(8)3-1-2-4-6(9)10;2-1(3)4;;/h2*2-17H2,1H3,(H,19,20);1-4H2,(H,7,8)(H,9,10);(H2,2,3,4);;/q;;;;+2;+1/p-3. The Morgan fingerprint density at radius 2 is 0.464 bits per heavy atom. The Hall–Kier alpha value is -1.08. The van der Waals surface area contributed by atoms with Gasteiger partial charge in [0.05, 0.1) is 0 Å². The van der Waals surface area contributed by atoms with Crippen LogP contribution >= 0.6 is 0 Å². The van der Waals surface area contributed by atoms with Gasteiger partial charge in [0, 0.05) is 24.8 Å². The molecule has 56 heavy (non-hydrogen) atoms. The predicted molar refractivity (Wildman–Crippen MR) is 217 cm³/mol. The van der Waals surface area contributed by atoms with E-state index in [1.54, 1.807) is 0 Å². The van der Waals surface area contributed by atoms with Crippen molar-refractivity contribution in [2.24, 2.45) is 0 Å². The van der Waals surface area contributed by atoms with Gasteiger partial charge in [-0.2, -0.15) is 0 Å². The average molecular weight is 821 g/mol. The number of carboxylic acid groups (broad SMARTS) is 6. The van der Waals surface area contributed by atoms with E-state index in [-0.39, 0.29) is 78.3 Å². The summed E-state index contributed by atoms with van der Waals surface area (Å²) in [5.41, 5.74) is 0. The van der Waals surface area contributed by atoms with Crippen LogP contribution < -0.4 is 44.9 Å². The first-order valence-electron chi connectivity index (χ1n) is 21.6. The van der Waals surface area contributed by atoms with Gasteiger partial charge < -0.3 is 45.0 Å². The van der Waals surface area contributed by atoms with E-state index in [2.05, 4.69) is 13.8 Å². The van der Waals surface area contributed by atoms with Gasteiger partial charge in [-0.05, 0) is 38.5 Å². The third-order valence-electron chi connectivity index (χ3n) is 9.00. The second kappa shape index (κ2) is 60.6. The molecule has 0 heterocycles. The minimum absolute atomic E-state index is 0. The van der Waals surface area contributed by atoms with Crippen LogP contribution in [0.5, 0.6) is 0 Å². The van der Waals surface area contributed by atoms with Crippen molar-refractivity contribution >= 4 is 53.1 Å². The van der Waals surface area contributed by atoms with E-state index in [9.17, 15) is 29.4 Å². The van der Waals surface area contributed by atoms with Crippen molar-refractivity contribution < 1.29 is 84.2 Å². The van der Waals surface area contributed by atoms with E-state index in [1.807, 2.05) is 0 Å². The molecule has 0 radical (unpaired) electrons. The minimum atomic E-state index is -2.08. The van der Waals surface area contributed by atoms with E-state index in [0.29, 0.717) is 12.8 Å². The molecule has 0 aliphatic carbocycles. The van der Waals surface area contributed by atoms with Gasteiger partial charge in [-0.15, -0.1) is 0 Å². The zero-order valence-corrected chi connectivity index (χ0v) is 39.7. The Balaban J connectivity index is -0.000000164. The summed E-state index contributed by atoms with van der Waals surface area (Å²) in [5, 5.41) is 52.0. The predicted octanol–water partition coefficient (Wildman–Crippen LogP) is 6.22. The van der Waals surface area contributed by atoms with Crippen LogP contribution in [0.15, 0.2) is 0 Å². The third kappa shape index (κ3) is 89.5. The minimum Gasteiger partial charge on any atom is -0.565 e. The van der Waals surface area contributed by atoms with Crippen LogP contribution in [0.1, 0.15) is 245 Å². The molecule has 0 amide bonds. The second-order valence-electron chi connectivity index (χ2n) is 14.4. The molecule has 0 bridgehead atoms. The number of carboxylic acids is 4. The number of hydrogen-bond donors (Lipinski definition) is 3. The average Bonchev–Trinajstić information content (AvgIpc) is 3.10. The first-order chi connectivity index (χ1) is 25.9. The Labute approximate surface area is 379 Å². The van der Waals surface area contributed by atoms with Crippen LogP contribution in [0.25, 0.3) is 0 Å². The summed E-state index contributed by atoms with van der Waals surface area (Å²) in [5.74, 6) is -3.55. The molecular formula is C43H81MgNaO11. The summed E-state index contributed by atoms with van der Waals surface area (Å²) in [6, 6.07) is 0. The van der Waals surface area contributed by atoms with Crippen molar-refractivity contribution in [1.29, 1.82) is 0 Å². The van der Waals surface area contributed by atoms with E-state index in [0.717, 1.165) is 25.7 Å². The molecule has 0 fully saturated rings. The smallest absolute Gasteiger partial charge is 0.565 e. The Bertz CT molecular complexity index is 768. The normalized spacial score (nSPS) is 9.82. The number of unbranched alkanes of at least 4 members (excludes halogenated alkanes) is 29. The Morgan fingerprint density at radius 3 is 0.607 bits per heavy atom. The fraction of sp³-hybridized carbons (Fsp3) is 0.884. The summed E-state index contributed by atoms with van der Waals surface area (Å²) >= 11 is 0. The maximum atomic E-state index is 10.2. The topological polar surface area (TPSA) is 215 Å². The van der Waals surface area contributed by atoms with Crippen molar-refractivity contribution in [3.05, 3.63) is 0 Å². The van der Waals surface area contributed by atoms with Gasteiger partial charge in [0.2, 0.25) is 6.16 Å². The molecule has 0 aromatic carbocycles. The third-order valence-corrected chi connectivity index (χ3v) is 9.00. The van der Waals surface area contributed by atoms with Crippen LogP contribution in [0.2, 0.25) is 0 Å². The van der Waals surface area contributed by atoms with Gasteiger partial charge in [-0.25, -0.2) is 0 Å². The van der Waals surface area contributed by atoms with Gasteiger partial charge in [-0.1, -0.05) is 194 Å². The molecule has 322 valence electrons. The molecule has 0 unspecified atom stereocenters. The summed E-state index contributed by atoms with van der Waals surface area (Å²) in [6.45, 7) is 4.53. The van der Waals surface area contributed by atoms with E-state index in [1.165, 1.54) is 167 Å². The molecular weight excluding hydrogens is 740 g/mol. The van der Waals surface area contributed by atoms with Gasteiger partial charge >= 0.3 is 64.5 Å². The molecule has 0 rings (SSSR count). The molecule has 0 aromatic rings. The SMILES string of the molecule is CCCCCCCCCCCCCCCCCC(=O)[O-].CCCCCCCCCCCCCCCCCC(=O)[O-].O=C(O)CCCCC(=O)O.O=C([O-])O.[Mg+2].[Na+]. The number of aliphatic carboxylic acids is 4. The summed E-state index contributed by atoms with van der Waals surface area (Å²) < 4.78 is 0. The maximum Gasteiger partial charge on any atom is 2.00 e. The largest absolute Gasteiger partial charge is 2.00 e. The second-order valence-corrected chi connectivity index (χ2v) is 14.4. The number of rotatable bonds is 37. The number of carbonyl (C=O) groups is 5. The van der Waals surface area contributed by atoms with Crippen LogP contribution in [0, 0.1) is 0 Å². The van der Waals surface area contributed by atoms with Crippen molar-refractivity contribution in [1.82, 2.24) is 0 Å². The van der Waals surface area contributed by atoms with Gasteiger partial charge in [0.25, 0.3) is 0 Å². The molecule has 11 nitrogen and oxygen atoms in total. The van der Waals surface area contributed by atoms with Crippen molar-refractivity contribution in [3.8, 4) is 0 Å². The summed E-state index contributed by atoms with van der Waals surface area (Å²) in [6.07, 6.45) is 38.7. The molecule has 0 aliphatic rings. The summed E-state index contributed by atoms with van der Waals surface area (Å²) in [4.78, 5) is 48.7. The Kier molecular flexibility index (Phi) is 72.2. The van der Waals surface area contributed by atoms with Crippen molar-refractivity contribution in [2.75, 3.05) is 0 Å². The first-order valence-corrected chi connectivity index (χ1v) is 21.6. The van der Waals surface area contributed by atoms with Crippen LogP contribution in [-0.2, 0) is 19.2 Å². The number of carbonyl (C=O) groups excluding carboxylic acids is 2. The molecule has 0 saturated heterocycles. The van der Waals surface area contributed by atoms with Crippen LogP contribution in [0.3, 0.4) is 0 Å². The fourth-order valence-corrected chi connectivity index (χ4v) is 5.83. The first kappa shape index (κ1) is 66.7. The quantitative estimate of drug-likeness (QED) is 0.0472.